The molecule has 1 amide bonds. The molecule has 4 rings (SSSR count). The molecule has 0 spiro atoms. The van der Waals surface area contributed by atoms with E-state index in [9.17, 15) is 19.6 Å². The molecule has 0 aliphatic carbocycles. The SMILES string of the molecule is CC(C)(C)OC(=O)c1ccc(NC(=O)C(C[C@@H]2CCCCO2)n2cc(Cl)c(-c3cc(Cl)ccc3C#N)cc2=O)cc1. The topological polar surface area (TPSA) is 110 Å². The highest BCUT2D eigenvalue weighted by Crippen LogP contribution is 2.33. The third-order valence-corrected chi connectivity index (χ3v) is 7.15. The maximum atomic E-state index is 13.6. The molecule has 10 heteroatoms. The van der Waals surface area contributed by atoms with E-state index in [-0.39, 0.29) is 17.5 Å². The molecule has 1 fully saturated rings. The van der Waals surface area contributed by atoms with Gasteiger partial charge in [0.05, 0.1) is 28.3 Å². The molecule has 0 saturated carbocycles. The normalized spacial score (nSPS) is 16.0. The van der Waals surface area contributed by atoms with Gasteiger partial charge in [-0.3, -0.25) is 9.59 Å². The number of halogens is 2. The fourth-order valence-electron chi connectivity index (χ4n) is 4.65. The van der Waals surface area contributed by atoms with Crippen LogP contribution in [0.3, 0.4) is 0 Å². The van der Waals surface area contributed by atoms with Crippen molar-refractivity contribution in [1.29, 1.82) is 5.26 Å². The van der Waals surface area contributed by atoms with E-state index in [2.05, 4.69) is 11.4 Å². The fraction of sp³-hybridized carbons (Fsp3) is 0.355. The van der Waals surface area contributed by atoms with Crippen molar-refractivity contribution in [3.8, 4) is 17.2 Å². The van der Waals surface area contributed by atoms with Crippen LogP contribution in [0.5, 0.6) is 0 Å². The van der Waals surface area contributed by atoms with Crippen molar-refractivity contribution in [1.82, 2.24) is 4.57 Å². The molecule has 0 radical (unpaired) electrons. The summed E-state index contributed by atoms with van der Waals surface area (Å²) in [4.78, 5) is 39.4. The summed E-state index contributed by atoms with van der Waals surface area (Å²) in [5, 5.41) is 13.0. The predicted molar refractivity (Wildman–Crippen MR) is 158 cm³/mol. The molecule has 41 heavy (non-hydrogen) atoms. The number of nitriles is 1. The van der Waals surface area contributed by atoms with Crippen molar-refractivity contribution >= 4 is 40.8 Å². The van der Waals surface area contributed by atoms with Gasteiger partial charge in [0, 0.05) is 47.1 Å². The predicted octanol–water partition coefficient (Wildman–Crippen LogP) is 6.79. The first-order chi connectivity index (χ1) is 19.4. The number of anilines is 1. The number of hydrogen-bond acceptors (Lipinski definition) is 6. The highest BCUT2D eigenvalue weighted by Gasteiger charge is 2.28. The number of ether oxygens (including phenoxy) is 2. The molecule has 2 aromatic carbocycles. The van der Waals surface area contributed by atoms with Gasteiger partial charge in [-0.2, -0.15) is 5.26 Å². The zero-order chi connectivity index (χ0) is 29.7. The third-order valence-electron chi connectivity index (χ3n) is 6.61. The van der Waals surface area contributed by atoms with E-state index in [0.717, 1.165) is 19.3 Å². The van der Waals surface area contributed by atoms with Gasteiger partial charge in [0.1, 0.15) is 11.6 Å². The highest BCUT2D eigenvalue weighted by molar-refractivity contribution is 6.34. The number of rotatable bonds is 7. The summed E-state index contributed by atoms with van der Waals surface area (Å²) in [6.07, 6.45) is 4.14. The van der Waals surface area contributed by atoms with Gasteiger partial charge in [-0.15, -0.1) is 0 Å². The van der Waals surface area contributed by atoms with E-state index < -0.39 is 29.1 Å². The Labute approximate surface area is 248 Å². The Hall–Kier alpha value is -3.64. The summed E-state index contributed by atoms with van der Waals surface area (Å²) in [5.41, 5.74) is 0.781. The van der Waals surface area contributed by atoms with Crippen molar-refractivity contribution < 1.29 is 19.1 Å². The van der Waals surface area contributed by atoms with Gasteiger partial charge in [-0.05, 0) is 82.5 Å². The molecule has 1 aliphatic heterocycles. The van der Waals surface area contributed by atoms with E-state index in [1.54, 1.807) is 63.2 Å². The Bertz CT molecular complexity index is 1530. The summed E-state index contributed by atoms with van der Waals surface area (Å²) in [7, 11) is 0. The van der Waals surface area contributed by atoms with Crippen LogP contribution in [-0.4, -0.2) is 34.8 Å². The summed E-state index contributed by atoms with van der Waals surface area (Å²) >= 11 is 12.8. The minimum atomic E-state index is -0.933. The number of pyridine rings is 1. The second kappa shape index (κ2) is 12.9. The number of amides is 1. The largest absolute Gasteiger partial charge is 0.456 e. The molecule has 214 valence electrons. The number of nitrogens with zero attached hydrogens (tertiary/aromatic N) is 2. The van der Waals surface area contributed by atoms with Crippen LogP contribution in [0.1, 0.15) is 68.4 Å². The van der Waals surface area contributed by atoms with E-state index in [1.165, 1.54) is 16.8 Å². The minimum absolute atomic E-state index is 0.187. The summed E-state index contributed by atoms with van der Waals surface area (Å²) in [5.74, 6) is -0.904. The van der Waals surface area contributed by atoms with E-state index >= 15 is 0 Å². The van der Waals surface area contributed by atoms with Gasteiger partial charge in [0.25, 0.3) is 5.56 Å². The van der Waals surface area contributed by atoms with Crippen LogP contribution in [0.25, 0.3) is 11.1 Å². The maximum absolute atomic E-state index is 13.6. The van der Waals surface area contributed by atoms with Crippen molar-refractivity contribution in [3.05, 3.63) is 86.3 Å². The minimum Gasteiger partial charge on any atom is -0.456 e. The lowest BCUT2D eigenvalue weighted by molar-refractivity contribution is -0.121. The van der Waals surface area contributed by atoms with E-state index in [1.807, 2.05) is 0 Å². The number of hydrogen-bond donors (Lipinski definition) is 1. The molecule has 1 saturated heterocycles. The number of benzene rings is 2. The number of nitrogens with one attached hydrogen (secondary N) is 1. The standard InChI is InChI=1S/C31H31Cl2N3O5/c1-31(2,3)41-30(39)19-8-11-22(12-9-19)35-29(38)27(15-23-6-4-5-13-40-23)36-18-26(33)25(16-28(36)37)24-14-21(32)10-7-20(24)17-34/h7-12,14,16,18,23,27H,4-6,13,15H2,1-3H3,(H,35,38)/t23-,27?/m0/s1. The van der Waals surface area contributed by atoms with Gasteiger partial charge in [-0.25, -0.2) is 4.79 Å². The first-order valence-electron chi connectivity index (χ1n) is 13.3. The van der Waals surface area contributed by atoms with Gasteiger partial charge in [0.15, 0.2) is 0 Å². The van der Waals surface area contributed by atoms with Crippen LogP contribution in [0.2, 0.25) is 10.0 Å². The van der Waals surface area contributed by atoms with Crippen LogP contribution in [0.4, 0.5) is 5.69 Å². The Balaban J connectivity index is 1.64. The van der Waals surface area contributed by atoms with Gasteiger partial charge < -0.3 is 19.4 Å². The van der Waals surface area contributed by atoms with Crippen molar-refractivity contribution in [2.45, 2.75) is 64.2 Å². The zero-order valence-corrected chi connectivity index (χ0v) is 24.6. The zero-order valence-electron chi connectivity index (χ0n) is 23.1. The maximum Gasteiger partial charge on any atom is 0.338 e. The van der Waals surface area contributed by atoms with Crippen LogP contribution >= 0.6 is 23.2 Å². The van der Waals surface area contributed by atoms with Gasteiger partial charge in [0.2, 0.25) is 5.91 Å². The third kappa shape index (κ3) is 7.76. The number of aromatic nitrogens is 1. The summed E-state index contributed by atoms with van der Waals surface area (Å²) in [6, 6.07) is 13.5. The highest BCUT2D eigenvalue weighted by atomic mass is 35.5. The Kier molecular flexibility index (Phi) is 9.54. The average molecular weight is 597 g/mol. The van der Waals surface area contributed by atoms with Gasteiger partial charge in [-0.1, -0.05) is 23.2 Å². The number of carbonyl (C=O) groups is 2. The molecule has 1 aliphatic rings. The first-order valence-corrected chi connectivity index (χ1v) is 14.1. The Morgan fingerprint density at radius 1 is 1.12 bits per heavy atom. The lowest BCUT2D eigenvalue weighted by Gasteiger charge is -2.28. The van der Waals surface area contributed by atoms with Crippen molar-refractivity contribution in [2.75, 3.05) is 11.9 Å². The molecule has 1 N–H and O–H groups in total. The fourth-order valence-corrected chi connectivity index (χ4v) is 5.08. The quantitative estimate of drug-likeness (QED) is 0.301. The Morgan fingerprint density at radius 2 is 1.85 bits per heavy atom. The van der Waals surface area contributed by atoms with Crippen LogP contribution in [0, 0.1) is 11.3 Å². The van der Waals surface area contributed by atoms with Crippen LogP contribution in [0.15, 0.2) is 59.5 Å². The molecule has 2 atom stereocenters. The number of carbonyl (C=O) groups excluding carboxylic acids is 2. The van der Waals surface area contributed by atoms with Crippen molar-refractivity contribution in [2.24, 2.45) is 0 Å². The van der Waals surface area contributed by atoms with Crippen molar-refractivity contribution in [3.63, 3.8) is 0 Å². The molecule has 8 nitrogen and oxygen atoms in total. The lowest BCUT2D eigenvalue weighted by Crippen LogP contribution is -2.36. The second-order valence-corrected chi connectivity index (χ2v) is 11.7. The molecule has 1 aromatic heterocycles. The van der Waals surface area contributed by atoms with E-state index in [0.29, 0.717) is 39.6 Å². The summed E-state index contributed by atoms with van der Waals surface area (Å²) in [6.45, 7) is 5.95. The van der Waals surface area contributed by atoms with E-state index in [4.69, 9.17) is 32.7 Å². The molecular weight excluding hydrogens is 565 g/mol. The molecular formula is C31H31Cl2N3O5. The Morgan fingerprint density at radius 3 is 2.49 bits per heavy atom. The smallest absolute Gasteiger partial charge is 0.338 e. The molecule has 3 aromatic rings. The molecule has 0 bridgehead atoms. The van der Waals surface area contributed by atoms with Crippen LogP contribution in [-0.2, 0) is 14.3 Å². The first kappa shape index (κ1) is 30.3. The summed E-state index contributed by atoms with van der Waals surface area (Å²) < 4.78 is 12.6. The number of esters is 1. The molecule has 2 heterocycles. The lowest BCUT2D eigenvalue weighted by atomic mass is 9.99. The van der Waals surface area contributed by atoms with Gasteiger partial charge >= 0.3 is 5.97 Å². The molecule has 1 unspecified atom stereocenters. The average Bonchev–Trinajstić information content (AvgIpc) is 2.93. The van der Waals surface area contributed by atoms with Crippen LogP contribution < -0.4 is 10.9 Å². The second-order valence-electron chi connectivity index (χ2n) is 10.9. The monoisotopic (exact) mass is 595 g/mol.